The van der Waals surface area contributed by atoms with Crippen LogP contribution in [0.5, 0.6) is 0 Å². The predicted octanol–water partition coefficient (Wildman–Crippen LogP) is 2.47. The molecular weight excluding hydrogens is 360 g/mol. The molecule has 2 rings (SSSR count). The highest BCUT2D eigenvalue weighted by atomic mass is 32.2. The molecule has 0 aliphatic carbocycles. The van der Waals surface area contributed by atoms with Crippen molar-refractivity contribution in [3.8, 4) is 0 Å². The smallest absolute Gasteiger partial charge is 0.341 e. The molecule has 0 aromatic heterocycles. The Bertz CT molecular complexity index is 965. The zero-order valence-corrected chi connectivity index (χ0v) is 13.4. The van der Waals surface area contributed by atoms with E-state index in [0.717, 1.165) is 18.2 Å². The summed E-state index contributed by atoms with van der Waals surface area (Å²) in [6.07, 6.45) is 0. The summed E-state index contributed by atoms with van der Waals surface area (Å²) in [6, 6.07) is 4.31. The highest BCUT2D eigenvalue weighted by Crippen LogP contribution is 2.24. The van der Waals surface area contributed by atoms with E-state index >= 15 is 0 Å². The van der Waals surface area contributed by atoms with E-state index in [9.17, 15) is 26.8 Å². The summed E-state index contributed by atoms with van der Waals surface area (Å²) < 4.78 is 53.9. The van der Waals surface area contributed by atoms with E-state index in [1.54, 1.807) is 0 Å². The third-order valence-corrected chi connectivity index (χ3v) is 4.76. The predicted molar refractivity (Wildman–Crippen MR) is 82.3 cm³/mol. The Kier molecular flexibility index (Phi) is 4.75. The van der Waals surface area contributed by atoms with Crippen molar-refractivity contribution < 1.29 is 37.0 Å². The minimum Gasteiger partial charge on any atom is -0.478 e. The fraction of sp³-hybridized carbons (Fsp3) is 0.0667. The lowest BCUT2D eigenvalue weighted by molar-refractivity contribution is 0.0679. The number of anilines is 1. The van der Waals surface area contributed by atoms with Gasteiger partial charge in [-0.1, -0.05) is 0 Å². The van der Waals surface area contributed by atoms with E-state index in [2.05, 4.69) is 0 Å². The van der Waals surface area contributed by atoms with Crippen LogP contribution >= 0.6 is 0 Å². The Balaban J connectivity index is 2.43. The molecule has 25 heavy (non-hydrogen) atoms. The molecular formula is C15H11F2NO6S. The Hall–Kier alpha value is -3.01. The number of carboxylic acid groups (broad SMARTS) is 2. The Labute approximate surface area is 140 Å². The minimum atomic E-state index is -4.28. The second-order valence-corrected chi connectivity index (χ2v) is 6.66. The van der Waals surface area contributed by atoms with Gasteiger partial charge in [-0.15, -0.1) is 0 Å². The summed E-state index contributed by atoms with van der Waals surface area (Å²) >= 11 is 0. The first kappa shape index (κ1) is 18.3. The van der Waals surface area contributed by atoms with Crippen molar-refractivity contribution in [2.45, 2.75) is 11.8 Å². The van der Waals surface area contributed by atoms with Crippen LogP contribution in [0.4, 0.5) is 14.5 Å². The number of carbonyl (C=O) groups is 2. The van der Waals surface area contributed by atoms with Crippen molar-refractivity contribution in [2.75, 3.05) is 4.72 Å². The van der Waals surface area contributed by atoms with Gasteiger partial charge in [-0.3, -0.25) is 4.72 Å². The Morgan fingerprint density at radius 2 is 1.56 bits per heavy atom. The number of benzene rings is 2. The standard InChI is InChI=1S/C15H11F2NO6S/c1-7-4-8(14(19)20)2-3-12(7)25(23,24)18-9-5-10(16)13(15(21)22)11(17)6-9/h2-6,18H,1H3,(H,19,20)(H,21,22). The van der Waals surface area contributed by atoms with Crippen molar-refractivity contribution in [2.24, 2.45) is 0 Å². The summed E-state index contributed by atoms with van der Waals surface area (Å²) in [5, 5.41) is 17.6. The van der Waals surface area contributed by atoms with E-state index in [0.29, 0.717) is 12.1 Å². The number of rotatable bonds is 5. The maximum atomic E-state index is 13.6. The molecule has 0 aliphatic rings. The first-order valence-electron chi connectivity index (χ1n) is 6.62. The lowest BCUT2D eigenvalue weighted by Gasteiger charge is -2.12. The van der Waals surface area contributed by atoms with Crippen molar-refractivity contribution in [3.05, 3.63) is 58.7 Å². The molecule has 0 radical (unpaired) electrons. The average molecular weight is 371 g/mol. The molecule has 0 amide bonds. The van der Waals surface area contributed by atoms with Crippen molar-refractivity contribution in [1.29, 1.82) is 0 Å². The van der Waals surface area contributed by atoms with Crippen LogP contribution in [-0.2, 0) is 10.0 Å². The Morgan fingerprint density at radius 1 is 1.00 bits per heavy atom. The van der Waals surface area contributed by atoms with Crippen molar-refractivity contribution >= 4 is 27.6 Å². The van der Waals surface area contributed by atoms with Gasteiger partial charge in [0.05, 0.1) is 16.1 Å². The first-order chi connectivity index (χ1) is 11.5. The molecule has 0 fully saturated rings. The monoisotopic (exact) mass is 371 g/mol. The van der Waals surface area contributed by atoms with Crippen LogP contribution in [0.1, 0.15) is 26.3 Å². The van der Waals surface area contributed by atoms with Gasteiger partial charge < -0.3 is 10.2 Å². The van der Waals surface area contributed by atoms with Crippen LogP contribution in [0.2, 0.25) is 0 Å². The number of aryl methyl sites for hydroxylation is 1. The van der Waals surface area contributed by atoms with E-state index in [1.165, 1.54) is 6.92 Å². The summed E-state index contributed by atoms with van der Waals surface area (Å²) in [5.74, 6) is -5.95. The minimum absolute atomic E-state index is 0.107. The van der Waals surface area contributed by atoms with Gasteiger partial charge in [0.1, 0.15) is 17.2 Å². The zero-order chi connectivity index (χ0) is 18.9. The molecule has 3 N–H and O–H groups in total. The topological polar surface area (TPSA) is 121 Å². The maximum Gasteiger partial charge on any atom is 0.341 e. The van der Waals surface area contributed by atoms with Crippen LogP contribution < -0.4 is 4.72 Å². The summed E-state index contributed by atoms with van der Waals surface area (Å²) in [4.78, 5) is 21.3. The fourth-order valence-corrected chi connectivity index (χ4v) is 3.40. The van der Waals surface area contributed by atoms with Crippen LogP contribution in [-0.4, -0.2) is 30.6 Å². The molecule has 10 heteroatoms. The summed E-state index contributed by atoms with van der Waals surface area (Å²) in [6.45, 7) is 1.36. The molecule has 0 unspecified atom stereocenters. The molecule has 0 atom stereocenters. The van der Waals surface area contributed by atoms with E-state index in [4.69, 9.17) is 10.2 Å². The SMILES string of the molecule is Cc1cc(C(=O)O)ccc1S(=O)(=O)Nc1cc(F)c(C(=O)O)c(F)c1. The van der Waals surface area contributed by atoms with Crippen LogP contribution in [0.15, 0.2) is 35.2 Å². The van der Waals surface area contributed by atoms with Crippen LogP contribution in [0.25, 0.3) is 0 Å². The zero-order valence-electron chi connectivity index (χ0n) is 12.6. The molecule has 0 bridgehead atoms. The number of nitrogens with one attached hydrogen (secondary N) is 1. The average Bonchev–Trinajstić information content (AvgIpc) is 2.44. The molecule has 132 valence electrons. The Morgan fingerprint density at radius 3 is 2.00 bits per heavy atom. The van der Waals surface area contributed by atoms with Gasteiger partial charge in [0.15, 0.2) is 0 Å². The van der Waals surface area contributed by atoms with Gasteiger partial charge in [0.25, 0.3) is 10.0 Å². The van der Waals surface area contributed by atoms with E-state index in [1.807, 2.05) is 4.72 Å². The number of hydrogen-bond acceptors (Lipinski definition) is 4. The lowest BCUT2D eigenvalue weighted by atomic mass is 10.1. The first-order valence-corrected chi connectivity index (χ1v) is 8.10. The molecule has 0 saturated carbocycles. The normalized spacial score (nSPS) is 11.2. The van der Waals surface area contributed by atoms with Gasteiger partial charge in [-0.25, -0.2) is 26.8 Å². The number of sulfonamides is 1. The van der Waals surface area contributed by atoms with Gasteiger partial charge in [0, 0.05) is 0 Å². The van der Waals surface area contributed by atoms with Crippen molar-refractivity contribution in [3.63, 3.8) is 0 Å². The number of halogens is 2. The van der Waals surface area contributed by atoms with Gasteiger partial charge >= 0.3 is 11.9 Å². The molecule has 0 spiro atoms. The highest BCUT2D eigenvalue weighted by molar-refractivity contribution is 7.92. The lowest BCUT2D eigenvalue weighted by Crippen LogP contribution is -2.16. The number of carboxylic acids is 2. The third-order valence-electron chi connectivity index (χ3n) is 3.22. The third kappa shape index (κ3) is 3.74. The largest absolute Gasteiger partial charge is 0.478 e. The van der Waals surface area contributed by atoms with Gasteiger partial charge in [-0.05, 0) is 42.8 Å². The van der Waals surface area contributed by atoms with Crippen LogP contribution in [0.3, 0.4) is 0 Å². The second kappa shape index (κ2) is 6.48. The molecule has 7 nitrogen and oxygen atoms in total. The molecule has 2 aromatic rings. The number of aromatic carboxylic acids is 2. The molecule has 2 aromatic carbocycles. The summed E-state index contributed by atoms with van der Waals surface area (Å²) in [7, 11) is -4.28. The van der Waals surface area contributed by atoms with Crippen LogP contribution in [0, 0.1) is 18.6 Å². The van der Waals surface area contributed by atoms with Gasteiger partial charge in [0.2, 0.25) is 0 Å². The molecule has 0 heterocycles. The maximum absolute atomic E-state index is 13.6. The van der Waals surface area contributed by atoms with Gasteiger partial charge in [-0.2, -0.15) is 0 Å². The molecule has 0 saturated heterocycles. The number of hydrogen-bond donors (Lipinski definition) is 3. The van der Waals surface area contributed by atoms with E-state index in [-0.39, 0.29) is 16.0 Å². The highest BCUT2D eigenvalue weighted by Gasteiger charge is 2.22. The quantitative estimate of drug-likeness (QED) is 0.742. The van der Waals surface area contributed by atoms with E-state index < -0.39 is 44.8 Å². The second-order valence-electron chi connectivity index (χ2n) is 5.01. The van der Waals surface area contributed by atoms with Crippen molar-refractivity contribution in [1.82, 2.24) is 0 Å². The molecule has 0 aliphatic heterocycles. The fourth-order valence-electron chi connectivity index (χ4n) is 2.13. The summed E-state index contributed by atoms with van der Waals surface area (Å²) in [5.41, 5.74) is -1.73.